The van der Waals surface area contributed by atoms with Crippen molar-refractivity contribution in [3.8, 4) is 11.5 Å². The van der Waals surface area contributed by atoms with E-state index in [1.54, 1.807) is 24.3 Å². The molecule has 2 aromatic carbocycles. The molecule has 0 amide bonds. The van der Waals surface area contributed by atoms with Crippen LogP contribution in [0.2, 0.25) is 0 Å². The summed E-state index contributed by atoms with van der Waals surface area (Å²) >= 11 is 0. The Hall–Kier alpha value is -3.81. The summed E-state index contributed by atoms with van der Waals surface area (Å²) in [5.74, 6) is 2.50. The highest BCUT2D eigenvalue weighted by Crippen LogP contribution is 2.33. The van der Waals surface area contributed by atoms with Gasteiger partial charge in [-0.1, -0.05) is 6.07 Å². The number of nitrogens with two attached hydrogens (primary N) is 1. The van der Waals surface area contributed by atoms with Gasteiger partial charge in [-0.25, -0.2) is 9.97 Å². The van der Waals surface area contributed by atoms with Crippen LogP contribution in [0.4, 0.5) is 23.0 Å². The lowest BCUT2D eigenvalue weighted by molar-refractivity contribution is 0.101. The van der Waals surface area contributed by atoms with Crippen molar-refractivity contribution in [1.82, 2.24) is 9.97 Å². The van der Waals surface area contributed by atoms with Crippen molar-refractivity contribution in [2.24, 2.45) is 0 Å². The topological polar surface area (TPSA) is 111 Å². The maximum absolute atomic E-state index is 11.4. The number of ketones is 1. The summed E-state index contributed by atoms with van der Waals surface area (Å²) in [7, 11) is 0. The first-order chi connectivity index (χ1) is 13.6. The molecule has 1 aromatic heterocycles. The summed E-state index contributed by atoms with van der Waals surface area (Å²) in [5, 5.41) is 6.36. The van der Waals surface area contributed by atoms with Crippen LogP contribution >= 0.6 is 0 Å². The van der Waals surface area contributed by atoms with Crippen molar-refractivity contribution in [2.45, 2.75) is 13.5 Å². The van der Waals surface area contributed by atoms with E-state index in [-0.39, 0.29) is 12.6 Å². The normalized spacial score (nSPS) is 11.9. The lowest BCUT2D eigenvalue weighted by Gasteiger charge is -2.13. The molecule has 4 N–H and O–H groups in total. The molecule has 0 spiro atoms. The Kier molecular flexibility index (Phi) is 4.67. The zero-order valence-corrected chi connectivity index (χ0v) is 15.2. The molecule has 1 aliphatic rings. The predicted molar refractivity (Wildman–Crippen MR) is 106 cm³/mol. The van der Waals surface area contributed by atoms with Crippen LogP contribution in [0.5, 0.6) is 11.5 Å². The fourth-order valence-corrected chi connectivity index (χ4v) is 2.80. The summed E-state index contributed by atoms with van der Waals surface area (Å²) in [5.41, 5.74) is 9.05. The Morgan fingerprint density at radius 2 is 1.82 bits per heavy atom. The fourth-order valence-electron chi connectivity index (χ4n) is 2.80. The van der Waals surface area contributed by atoms with Crippen LogP contribution in [-0.4, -0.2) is 22.5 Å². The number of carbonyl (C=O) groups excluding carboxylic acids is 1. The van der Waals surface area contributed by atoms with Gasteiger partial charge >= 0.3 is 0 Å². The minimum absolute atomic E-state index is 0.0168. The Labute approximate surface area is 161 Å². The zero-order chi connectivity index (χ0) is 19.5. The summed E-state index contributed by atoms with van der Waals surface area (Å²) < 4.78 is 10.7. The lowest BCUT2D eigenvalue weighted by atomic mass is 10.1. The molecule has 0 saturated carbocycles. The monoisotopic (exact) mass is 377 g/mol. The highest BCUT2D eigenvalue weighted by Gasteiger charge is 2.14. The van der Waals surface area contributed by atoms with E-state index >= 15 is 0 Å². The number of hydrogen-bond donors (Lipinski definition) is 3. The van der Waals surface area contributed by atoms with E-state index in [0.717, 1.165) is 22.7 Å². The average Bonchev–Trinajstić information content (AvgIpc) is 3.17. The summed E-state index contributed by atoms with van der Waals surface area (Å²) in [4.78, 5) is 19.8. The van der Waals surface area contributed by atoms with Crippen LogP contribution in [0.3, 0.4) is 0 Å². The molecular formula is C20H19N5O3. The zero-order valence-electron chi connectivity index (χ0n) is 15.2. The Bertz CT molecular complexity index is 1020. The number of Topliss-reactive ketones (excluding diaryl/α,β-unsaturated/α-hetero) is 1. The first kappa shape index (κ1) is 17.6. The van der Waals surface area contributed by atoms with Gasteiger partial charge in [0, 0.05) is 17.8 Å². The second-order valence-electron chi connectivity index (χ2n) is 6.28. The summed E-state index contributed by atoms with van der Waals surface area (Å²) in [6, 6.07) is 12.9. The smallest absolute Gasteiger partial charge is 0.231 e. The molecule has 0 radical (unpaired) electrons. The number of nitrogens with one attached hydrogen (secondary N) is 2. The minimum atomic E-state index is 0.0168. The molecule has 8 nitrogen and oxygen atoms in total. The van der Waals surface area contributed by atoms with Crippen molar-refractivity contribution in [3.63, 3.8) is 0 Å². The standard InChI is InChI=1S/C20H19N5O3/c1-12(26)14-3-5-15(6-4-14)25-20-18(21)19(23-10-24-20)22-9-13-2-7-16-17(8-13)28-11-27-16/h2-8,10H,9,11,21H2,1H3,(H2,22,23,24,25). The van der Waals surface area contributed by atoms with Crippen LogP contribution < -0.4 is 25.8 Å². The number of nitrogen functional groups attached to an aromatic ring is 1. The van der Waals surface area contributed by atoms with Gasteiger partial charge in [-0.15, -0.1) is 0 Å². The molecule has 4 rings (SSSR count). The van der Waals surface area contributed by atoms with Crippen LogP contribution in [0.25, 0.3) is 0 Å². The molecule has 3 aromatic rings. The molecule has 0 atom stereocenters. The van der Waals surface area contributed by atoms with Gasteiger partial charge in [-0.2, -0.15) is 0 Å². The van der Waals surface area contributed by atoms with E-state index in [9.17, 15) is 4.79 Å². The van der Waals surface area contributed by atoms with Crippen molar-refractivity contribution in [3.05, 3.63) is 59.9 Å². The maximum atomic E-state index is 11.4. The van der Waals surface area contributed by atoms with Crippen molar-refractivity contribution < 1.29 is 14.3 Å². The molecule has 2 heterocycles. The number of fused-ring (bicyclic) bond motifs is 1. The second-order valence-corrected chi connectivity index (χ2v) is 6.28. The lowest BCUT2D eigenvalue weighted by Crippen LogP contribution is -2.08. The predicted octanol–water partition coefficient (Wildman–Crippen LogP) is 3.35. The van der Waals surface area contributed by atoms with Gasteiger partial charge in [-0.3, -0.25) is 4.79 Å². The third-order valence-corrected chi connectivity index (χ3v) is 4.34. The molecule has 0 aliphatic carbocycles. The third-order valence-electron chi connectivity index (χ3n) is 4.34. The number of aromatic nitrogens is 2. The van der Waals surface area contributed by atoms with Crippen LogP contribution in [0, 0.1) is 0 Å². The Balaban J connectivity index is 1.46. The van der Waals surface area contributed by atoms with Crippen LogP contribution in [-0.2, 0) is 6.54 Å². The van der Waals surface area contributed by atoms with Gasteiger partial charge in [0.15, 0.2) is 28.9 Å². The van der Waals surface area contributed by atoms with Crippen molar-refractivity contribution >= 4 is 28.8 Å². The molecule has 0 saturated heterocycles. The highest BCUT2D eigenvalue weighted by molar-refractivity contribution is 5.94. The fraction of sp³-hybridized carbons (Fsp3) is 0.150. The molecule has 0 bridgehead atoms. The third kappa shape index (κ3) is 3.66. The average molecular weight is 377 g/mol. The van der Waals surface area contributed by atoms with Gasteiger partial charge in [0.2, 0.25) is 6.79 Å². The van der Waals surface area contributed by atoms with Gasteiger partial charge < -0.3 is 25.8 Å². The van der Waals surface area contributed by atoms with Crippen LogP contribution in [0.15, 0.2) is 48.8 Å². The van der Waals surface area contributed by atoms with E-state index in [1.165, 1.54) is 13.3 Å². The first-order valence-corrected chi connectivity index (χ1v) is 8.71. The quantitative estimate of drug-likeness (QED) is 0.561. The van der Waals surface area contributed by atoms with E-state index in [1.807, 2.05) is 18.2 Å². The number of nitrogens with zero attached hydrogens (tertiary/aromatic N) is 2. The van der Waals surface area contributed by atoms with E-state index in [0.29, 0.717) is 29.4 Å². The first-order valence-electron chi connectivity index (χ1n) is 8.71. The second kappa shape index (κ2) is 7.43. The molecule has 142 valence electrons. The van der Waals surface area contributed by atoms with Crippen LogP contribution in [0.1, 0.15) is 22.8 Å². The largest absolute Gasteiger partial charge is 0.454 e. The molecule has 0 fully saturated rings. The Morgan fingerprint density at radius 3 is 2.61 bits per heavy atom. The number of rotatable bonds is 6. The van der Waals surface area contributed by atoms with Gasteiger partial charge in [0.05, 0.1) is 0 Å². The SMILES string of the molecule is CC(=O)c1ccc(Nc2ncnc(NCc3ccc4c(c3)OCO4)c2N)cc1. The number of benzene rings is 2. The molecular weight excluding hydrogens is 358 g/mol. The van der Waals surface area contributed by atoms with E-state index in [2.05, 4.69) is 20.6 Å². The molecule has 28 heavy (non-hydrogen) atoms. The van der Waals surface area contributed by atoms with E-state index in [4.69, 9.17) is 15.2 Å². The molecule has 0 unspecified atom stereocenters. The minimum Gasteiger partial charge on any atom is -0.454 e. The Morgan fingerprint density at radius 1 is 1.07 bits per heavy atom. The number of carbonyl (C=O) groups is 1. The van der Waals surface area contributed by atoms with E-state index < -0.39 is 0 Å². The van der Waals surface area contributed by atoms with Gasteiger partial charge in [-0.05, 0) is 48.9 Å². The van der Waals surface area contributed by atoms with Crippen molar-refractivity contribution in [1.29, 1.82) is 0 Å². The number of anilines is 4. The summed E-state index contributed by atoms with van der Waals surface area (Å²) in [6.07, 6.45) is 1.44. The number of ether oxygens (including phenoxy) is 2. The van der Waals surface area contributed by atoms with Crippen molar-refractivity contribution in [2.75, 3.05) is 23.2 Å². The molecule has 8 heteroatoms. The maximum Gasteiger partial charge on any atom is 0.231 e. The molecule has 1 aliphatic heterocycles. The highest BCUT2D eigenvalue weighted by atomic mass is 16.7. The van der Waals surface area contributed by atoms with Gasteiger partial charge in [0.1, 0.15) is 12.0 Å². The van der Waals surface area contributed by atoms with Gasteiger partial charge in [0.25, 0.3) is 0 Å². The number of hydrogen-bond acceptors (Lipinski definition) is 8. The summed E-state index contributed by atoms with van der Waals surface area (Å²) in [6.45, 7) is 2.29.